The number of rotatable bonds is 3. The number of aromatic carboxylic acids is 1. The highest BCUT2D eigenvalue weighted by molar-refractivity contribution is 6.02. The fourth-order valence-electron chi connectivity index (χ4n) is 1.36. The topological polar surface area (TPSA) is 112 Å². The summed E-state index contributed by atoms with van der Waals surface area (Å²) >= 11 is 0. The summed E-state index contributed by atoms with van der Waals surface area (Å²) in [5.41, 5.74) is -0.274. The second-order valence-corrected chi connectivity index (χ2v) is 3.62. The van der Waals surface area contributed by atoms with Gasteiger partial charge >= 0.3 is 5.97 Å². The molecule has 2 heterocycles. The van der Waals surface area contributed by atoms with E-state index >= 15 is 0 Å². The Bertz CT molecular complexity index is 676. The lowest BCUT2D eigenvalue weighted by Gasteiger charge is -2.04. The predicted octanol–water partition coefficient (Wildman–Crippen LogP) is 0.720. The maximum absolute atomic E-state index is 11.7. The van der Waals surface area contributed by atoms with Crippen molar-refractivity contribution in [2.45, 2.75) is 0 Å². The molecule has 7 heteroatoms. The molecule has 0 saturated heterocycles. The van der Waals surface area contributed by atoms with Gasteiger partial charge in [0.15, 0.2) is 0 Å². The van der Waals surface area contributed by atoms with E-state index < -0.39 is 11.9 Å². The quantitative estimate of drug-likeness (QED) is 0.751. The Labute approximate surface area is 106 Å². The standard InChI is InChI=1S/C12H9N3O4/c16-10-3-1-2-8(14-10)11(17)15-9-5-4-7(6-13-9)12(18)19/h1-6H,(H,14,16)(H,18,19)(H,13,15,17). The van der Waals surface area contributed by atoms with Gasteiger partial charge in [-0.25, -0.2) is 9.78 Å². The van der Waals surface area contributed by atoms with Gasteiger partial charge in [-0.1, -0.05) is 6.07 Å². The van der Waals surface area contributed by atoms with Crippen molar-refractivity contribution in [3.05, 3.63) is 58.1 Å². The highest BCUT2D eigenvalue weighted by Gasteiger charge is 2.08. The number of hydrogen-bond acceptors (Lipinski definition) is 4. The van der Waals surface area contributed by atoms with E-state index in [1.165, 1.54) is 30.3 Å². The number of pyridine rings is 2. The Balaban J connectivity index is 2.15. The molecule has 0 saturated carbocycles. The number of amides is 1. The molecule has 0 fully saturated rings. The first kappa shape index (κ1) is 12.5. The van der Waals surface area contributed by atoms with Gasteiger partial charge in [-0.3, -0.25) is 9.59 Å². The molecule has 0 aliphatic carbocycles. The number of hydrogen-bond donors (Lipinski definition) is 3. The molecule has 0 aromatic carbocycles. The molecule has 0 atom stereocenters. The number of anilines is 1. The molecule has 2 rings (SSSR count). The number of carbonyl (C=O) groups excluding carboxylic acids is 1. The molecule has 0 radical (unpaired) electrons. The first-order chi connectivity index (χ1) is 9.06. The second-order valence-electron chi connectivity index (χ2n) is 3.62. The molecular formula is C12H9N3O4. The summed E-state index contributed by atoms with van der Waals surface area (Å²) in [6, 6.07) is 6.87. The van der Waals surface area contributed by atoms with E-state index in [1.54, 1.807) is 0 Å². The van der Waals surface area contributed by atoms with Gasteiger partial charge in [-0.2, -0.15) is 0 Å². The zero-order valence-corrected chi connectivity index (χ0v) is 9.58. The number of aromatic nitrogens is 2. The summed E-state index contributed by atoms with van der Waals surface area (Å²) in [5, 5.41) is 11.1. The van der Waals surface area contributed by atoms with E-state index in [-0.39, 0.29) is 22.6 Å². The third-order valence-electron chi connectivity index (χ3n) is 2.27. The predicted molar refractivity (Wildman–Crippen MR) is 66.2 cm³/mol. The summed E-state index contributed by atoms with van der Waals surface area (Å²) in [4.78, 5) is 39.6. The Hall–Kier alpha value is -2.96. The van der Waals surface area contributed by atoms with E-state index in [4.69, 9.17) is 5.11 Å². The van der Waals surface area contributed by atoms with Gasteiger partial charge < -0.3 is 15.4 Å². The first-order valence-electron chi connectivity index (χ1n) is 5.26. The zero-order valence-electron chi connectivity index (χ0n) is 9.58. The molecule has 0 bridgehead atoms. The number of carboxylic acid groups (broad SMARTS) is 1. The van der Waals surface area contributed by atoms with Crippen LogP contribution in [-0.4, -0.2) is 27.0 Å². The van der Waals surface area contributed by atoms with E-state index in [0.29, 0.717) is 0 Å². The van der Waals surface area contributed by atoms with Crippen LogP contribution < -0.4 is 10.9 Å². The summed E-state index contributed by atoms with van der Waals surface area (Å²) in [7, 11) is 0. The number of aromatic amines is 1. The van der Waals surface area contributed by atoms with Crippen LogP contribution in [0.3, 0.4) is 0 Å². The minimum Gasteiger partial charge on any atom is -0.478 e. The lowest BCUT2D eigenvalue weighted by Crippen LogP contribution is -2.18. The average molecular weight is 259 g/mol. The van der Waals surface area contributed by atoms with E-state index in [0.717, 1.165) is 6.20 Å². The van der Waals surface area contributed by atoms with Crippen LogP contribution in [0, 0.1) is 0 Å². The lowest BCUT2D eigenvalue weighted by molar-refractivity contribution is 0.0696. The zero-order chi connectivity index (χ0) is 13.8. The molecule has 7 nitrogen and oxygen atoms in total. The lowest BCUT2D eigenvalue weighted by atomic mass is 10.3. The molecule has 0 unspecified atom stereocenters. The van der Waals surface area contributed by atoms with Crippen LogP contribution >= 0.6 is 0 Å². The van der Waals surface area contributed by atoms with Crippen molar-refractivity contribution < 1.29 is 14.7 Å². The van der Waals surface area contributed by atoms with Crippen LogP contribution in [-0.2, 0) is 0 Å². The van der Waals surface area contributed by atoms with Crippen molar-refractivity contribution in [2.24, 2.45) is 0 Å². The van der Waals surface area contributed by atoms with E-state index in [9.17, 15) is 14.4 Å². The second kappa shape index (κ2) is 5.13. The number of nitrogens with one attached hydrogen (secondary N) is 2. The van der Waals surface area contributed by atoms with E-state index in [2.05, 4.69) is 15.3 Å². The molecule has 0 spiro atoms. The highest BCUT2D eigenvalue weighted by atomic mass is 16.4. The highest BCUT2D eigenvalue weighted by Crippen LogP contribution is 2.06. The minimum absolute atomic E-state index is 0.0196. The van der Waals surface area contributed by atoms with Crippen molar-refractivity contribution in [3.8, 4) is 0 Å². The number of nitrogens with zero attached hydrogens (tertiary/aromatic N) is 1. The van der Waals surface area contributed by atoms with Crippen molar-refractivity contribution in [1.82, 2.24) is 9.97 Å². The molecule has 0 aliphatic rings. The smallest absolute Gasteiger partial charge is 0.337 e. The van der Waals surface area contributed by atoms with Gasteiger partial charge in [0.25, 0.3) is 5.91 Å². The normalized spacial score (nSPS) is 9.89. The monoisotopic (exact) mass is 259 g/mol. The van der Waals surface area contributed by atoms with Gasteiger partial charge in [-0.05, 0) is 18.2 Å². The summed E-state index contributed by atoms with van der Waals surface area (Å²) < 4.78 is 0. The Kier molecular flexibility index (Phi) is 3.37. The maximum Gasteiger partial charge on any atom is 0.337 e. The van der Waals surface area contributed by atoms with Gasteiger partial charge in [0.1, 0.15) is 11.5 Å². The van der Waals surface area contributed by atoms with Crippen molar-refractivity contribution >= 4 is 17.7 Å². The summed E-state index contributed by atoms with van der Waals surface area (Å²) in [6.45, 7) is 0. The molecule has 2 aromatic rings. The van der Waals surface area contributed by atoms with Crippen molar-refractivity contribution in [3.63, 3.8) is 0 Å². The van der Waals surface area contributed by atoms with Crippen LogP contribution in [0.4, 0.5) is 5.82 Å². The maximum atomic E-state index is 11.7. The van der Waals surface area contributed by atoms with Crippen molar-refractivity contribution in [2.75, 3.05) is 5.32 Å². The molecule has 2 aromatic heterocycles. The minimum atomic E-state index is -1.10. The first-order valence-corrected chi connectivity index (χ1v) is 5.26. The van der Waals surface area contributed by atoms with Crippen LogP contribution in [0.1, 0.15) is 20.8 Å². The molecule has 0 aliphatic heterocycles. The van der Waals surface area contributed by atoms with Crippen molar-refractivity contribution in [1.29, 1.82) is 0 Å². The average Bonchev–Trinajstić information content (AvgIpc) is 2.39. The number of carbonyl (C=O) groups is 2. The molecule has 96 valence electrons. The summed E-state index contributed by atoms with van der Waals surface area (Å²) in [6.07, 6.45) is 1.13. The molecular weight excluding hydrogens is 250 g/mol. The fraction of sp³-hybridized carbons (Fsp3) is 0. The Morgan fingerprint density at radius 2 is 2.00 bits per heavy atom. The third-order valence-corrected chi connectivity index (χ3v) is 2.27. The summed E-state index contributed by atoms with van der Waals surface area (Å²) in [5.74, 6) is -1.44. The van der Waals surface area contributed by atoms with Crippen LogP contribution in [0.2, 0.25) is 0 Å². The molecule has 3 N–H and O–H groups in total. The van der Waals surface area contributed by atoms with Crippen LogP contribution in [0.25, 0.3) is 0 Å². The van der Waals surface area contributed by atoms with Gasteiger partial charge in [0, 0.05) is 12.3 Å². The fourth-order valence-corrected chi connectivity index (χ4v) is 1.36. The number of carboxylic acids is 1. The van der Waals surface area contributed by atoms with E-state index in [1.807, 2.05) is 0 Å². The van der Waals surface area contributed by atoms with Gasteiger partial charge in [-0.15, -0.1) is 0 Å². The number of H-pyrrole nitrogens is 1. The Morgan fingerprint density at radius 1 is 1.21 bits per heavy atom. The van der Waals surface area contributed by atoms with Gasteiger partial charge in [0.05, 0.1) is 5.56 Å². The Morgan fingerprint density at radius 3 is 2.58 bits per heavy atom. The molecule has 1 amide bonds. The largest absolute Gasteiger partial charge is 0.478 e. The third kappa shape index (κ3) is 3.03. The van der Waals surface area contributed by atoms with Gasteiger partial charge in [0.2, 0.25) is 5.56 Å². The van der Waals surface area contributed by atoms with Crippen LogP contribution in [0.5, 0.6) is 0 Å². The SMILES string of the molecule is O=C(O)c1ccc(NC(=O)c2cccc(=O)[nH]2)nc1. The van der Waals surface area contributed by atoms with Crippen LogP contribution in [0.15, 0.2) is 41.3 Å². The molecule has 19 heavy (non-hydrogen) atoms.